The fraction of sp³-hybridized carbons (Fsp3) is 0.643. The van der Waals surface area contributed by atoms with E-state index >= 15 is 0 Å². The Hall–Kier alpha value is -0.830. The molecule has 96 valence electrons. The lowest BCUT2D eigenvalue weighted by atomic mass is 9.80. The normalized spacial score (nSPS) is 13.4. The van der Waals surface area contributed by atoms with Gasteiger partial charge in [0.2, 0.25) is 5.91 Å². The van der Waals surface area contributed by atoms with E-state index in [1.165, 1.54) is 4.88 Å². The topological polar surface area (TPSA) is 29.1 Å². The van der Waals surface area contributed by atoms with Crippen LogP contribution in [0.2, 0.25) is 0 Å². The number of carbonyl (C=O) groups is 1. The number of rotatable bonds is 5. The van der Waals surface area contributed by atoms with Crippen LogP contribution in [-0.2, 0) is 11.2 Å². The van der Waals surface area contributed by atoms with Gasteiger partial charge in [-0.15, -0.1) is 11.3 Å². The lowest BCUT2D eigenvalue weighted by Crippen LogP contribution is -2.30. The highest BCUT2D eigenvalue weighted by molar-refractivity contribution is 7.09. The van der Waals surface area contributed by atoms with Crippen LogP contribution in [0.3, 0.4) is 0 Å². The van der Waals surface area contributed by atoms with E-state index in [1.807, 2.05) is 6.07 Å². The third-order valence-electron chi connectivity index (χ3n) is 3.24. The van der Waals surface area contributed by atoms with Gasteiger partial charge >= 0.3 is 0 Å². The van der Waals surface area contributed by atoms with Crippen molar-refractivity contribution in [3.05, 3.63) is 22.4 Å². The van der Waals surface area contributed by atoms with E-state index in [9.17, 15) is 4.79 Å². The van der Waals surface area contributed by atoms with E-state index in [2.05, 4.69) is 44.5 Å². The third-order valence-corrected chi connectivity index (χ3v) is 4.18. The molecule has 0 aliphatic rings. The summed E-state index contributed by atoms with van der Waals surface area (Å²) in [6, 6.07) is 4.15. The van der Waals surface area contributed by atoms with Gasteiger partial charge in [0.1, 0.15) is 0 Å². The molecule has 1 atom stereocenters. The molecule has 0 aliphatic carbocycles. The highest BCUT2D eigenvalue weighted by Crippen LogP contribution is 2.27. The maximum atomic E-state index is 11.7. The second kappa shape index (κ2) is 6.20. The molecule has 3 heteroatoms. The van der Waals surface area contributed by atoms with Crippen molar-refractivity contribution in [3.63, 3.8) is 0 Å². The number of thiophene rings is 1. The molecule has 0 fully saturated rings. The highest BCUT2D eigenvalue weighted by Gasteiger charge is 2.22. The molecule has 0 radical (unpaired) electrons. The van der Waals surface area contributed by atoms with E-state index in [0.29, 0.717) is 12.3 Å². The van der Waals surface area contributed by atoms with Crippen LogP contribution in [0.5, 0.6) is 0 Å². The van der Waals surface area contributed by atoms with Crippen LogP contribution in [0.4, 0.5) is 0 Å². The van der Waals surface area contributed by atoms with Gasteiger partial charge in [-0.1, -0.05) is 33.8 Å². The average Bonchev–Trinajstić information content (AvgIpc) is 2.69. The average molecular weight is 253 g/mol. The number of amides is 1. The number of nitrogens with one attached hydrogen (secondary N) is 1. The molecule has 2 nitrogen and oxygen atoms in total. The highest BCUT2D eigenvalue weighted by atomic mass is 32.1. The summed E-state index contributed by atoms with van der Waals surface area (Å²) < 4.78 is 0. The zero-order valence-electron chi connectivity index (χ0n) is 11.2. The van der Waals surface area contributed by atoms with Gasteiger partial charge in [-0.25, -0.2) is 0 Å². The summed E-state index contributed by atoms with van der Waals surface area (Å²) in [5.41, 5.74) is 0.199. The van der Waals surface area contributed by atoms with Crippen molar-refractivity contribution in [2.45, 2.75) is 40.5 Å². The van der Waals surface area contributed by atoms with Crippen molar-refractivity contribution in [3.8, 4) is 0 Å². The molecule has 17 heavy (non-hydrogen) atoms. The number of carbonyl (C=O) groups excluding carboxylic acids is 1. The third kappa shape index (κ3) is 5.35. The number of hydrogen-bond acceptors (Lipinski definition) is 2. The van der Waals surface area contributed by atoms with E-state index in [4.69, 9.17) is 0 Å². The van der Waals surface area contributed by atoms with E-state index in [0.717, 1.165) is 13.0 Å². The zero-order chi connectivity index (χ0) is 12.9. The molecule has 1 N–H and O–H groups in total. The second-order valence-corrected chi connectivity index (χ2v) is 6.68. The summed E-state index contributed by atoms with van der Waals surface area (Å²) in [6.45, 7) is 9.42. The molecule has 1 heterocycles. The molecular formula is C14H23NOS. The van der Waals surface area contributed by atoms with Crippen LogP contribution in [0.15, 0.2) is 17.5 Å². The van der Waals surface area contributed by atoms with Crippen LogP contribution < -0.4 is 5.32 Å². The fourth-order valence-electron chi connectivity index (χ4n) is 1.44. The summed E-state index contributed by atoms with van der Waals surface area (Å²) in [5.74, 6) is 0.577. The van der Waals surface area contributed by atoms with Crippen molar-refractivity contribution in [1.29, 1.82) is 0 Å². The molecule has 0 aromatic carbocycles. The van der Waals surface area contributed by atoms with Crippen LogP contribution in [-0.4, -0.2) is 12.5 Å². The molecule has 1 aromatic rings. The first-order valence-corrected chi connectivity index (χ1v) is 7.06. The van der Waals surface area contributed by atoms with Gasteiger partial charge in [-0.3, -0.25) is 4.79 Å². The fourth-order valence-corrected chi connectivity index (χ4v) is 2.15. The monoisotopic (exact) mass is 253 g/mol. The van der Waals surface area contributed by atoms with Crippen molar-refractivity contribution < 1.29 is 4.79 Å². The molecule has 0 bridgehead atoms. The first-order chi connectivity index (χ1) is 7.89. The Morgan fingerprint density at radius 3 is 2.71 bits per heavy atom. The van der Waals surface area contributed by atoms with Gasteiger partial charge < -0.3 is 5.32 Å². The molecule has 0 saturated heterocycles. The summed E-state index contributed by atoms with van der Waals surface area (Å²) in [4.78, 5) is 13.0. The second-order valence-electron chi connectivity index (χ2n) is 5.65. The minimum absolute atomic E-state index is 0.170. The predicted molar refractivity (Wildman–Crippen MR) is 74.3 cm³/mol. The maximum Gasteiger partial charge on any atom is 0.220 e. The summed E-state index contributed by atoms with van der Waals surface area (Å²) >= 11 is 1.74. The SMILES string of the molecule is C[C@H](CC(=O)NCCc1cccs1)C(C)(C)C. The summed E-state index contributed by atoms with van der Waals surface area (Å²) in [7, 11) is 0. The molecular weight excluding hydrogens is 230 g/mol. The van der Waals surface area contributed by atoms with Gasteiger partial charge in [0, 0.05) is 17.8 Å². The van der Waals surface area contributed by atoms with Gasteiger partial charge in [0.05, 0.1) is 0 Å². The van der Waals surface area contributed by atoms with Crippen molar-refractivity contribution >= 4 is 17.2 Å². The van der Waals surface area contributed by atoms with E-state index in [-0.39, 0.29) is 11.3 Å². The lowest BCUT2D eigenvalue weighted by Gasteiger charge is -2.26. The minimum Gasteiger partial charge on any atom is -0.356 e. The molecule has 0 saturated carbocycles. The molecule has 0 aliphatic heterocycles. The number of hydrogen-bond donors (Lipinski definition) is 1. The zero-order valence-corrected chi connectivity index (χ0v) is 12.1. The van der Waals surface area contributed by atoms with E-state index < -0.39 is 0 Å². The van der Waals surface area contributed by atoms with Crippen LogP contribution in [0, 0.1) is 11.3 Å². The molecule has 1 aromatic heterocycles. The van der Waals surface area contributed by atoms with Crippen LogP contribution in [0.1, 0.15) is 39.0 Å². The lowest BCUT2D eigenvalue weighted by molar-refractivity contribution is -0.122. The first-order valence-electron chi connectivity index (χ1n) is 6.18. The summed E-state index contributed by atoms with van der Waals surface area (Å²) in [5, 5.41) is 5.06. The smallest absolute Gasteiger partial charge is 0.220 e. The Morgan fingerprint density at radius 1 is 1.47 bits per heavy atom. The van der Waals surface area contributed by atoms with E-state index in [1.54, 1.807) is 11.3 Å². The van der Waals surface area contributed by atoms with Crippen molar-refractivity contribution in [2.75, 3.05) is 6.54 Å². The molecule has 1 rings (SSSR count). The van der Waals surface area contributed by atoms with Gasteiger partial charge in [-0.2, -0.15) is 0 Å². The quantitative estimate of drug-likeness (QED) is 0.855. The first kappa shape index (κ1) is 14.2. The Morgan fingerprint density at radius 2 is 2.18 bits per heavy atom. The minimum atomic E-state index is 0.170. The van der Waals surface area contributed by atoms with Gasteiger partial charge in [0.25, 0.3) is 0 Å². The maximum absolute atomic E-state index is 11.7. The molecule has 1 amide bonds. The standard InChI is InChI=1S/C14H23NOS/c1-11(14(2,3)4)10-13(16)15-8-7-12-6-5-9-17-12/h5-6,9,11H,7-8,10H2,1-4H3,(H,15,16)/t11-/m1/s1. The Balaban J connectivity index is 2.22. The summed E-state index contributed by atoms with van der Waals surface area (Å²) in [6.07, 6.45) is 1.56. The largest absolute Gasteiger partial charge is 0.356 e. The Labute approximate surface area is 108 Å². The van der Waals surface area contributed by atoms with Crippen LogP contribution in [0.25, 0.3) is 0 Å². The van der Waals surface area contributed by atoms with Crippen LogP contribution >= 0.6 is 11.3 Å². The Kier molecular flexibility index (Phi) is 5.19. The van der Waals surface area contributed by atoms with Crippen molar-refractivity contribution in [1.82, 2.24) is 5.32 Å². The van der Waals surface area contributed by atoms with Gasteiger partial charge in [-0.05, 0) is 29.2 Å². The Bertz CT molecular complexity index is 338. The molecule has 0 unspecified atom stereocenters. The predicted octanol–water partition coefficient (Wildman–Crippen LogP) is 3.48. The molecule has 0 spiro atoms. The van der Waals surface area contributed by atoms with Gasteiger partial charge in [0.15, 0.2) is 0 Å². The van der Waals surface area contributed by atoms with Crippen molar-refractivity contribution in [2.24, 2.45) is 11.3 Å².